The number of nitrogens with two attached hydrogens (primary N) is 1. The predicted molar refractivity (Wildman–Crippen MR) is 195 cm³/mol. The van der Waals surface area contributed by atoms with Crippen LogP contribution in [0.2, 0.25) is 0 Å². The maximum atomic E-state index is 13.8. The number of unbranched alkanes of at least 4 members (excludes halogenated alkanes) is 13. The normalized spacial score (nSPS) is 14.5. The second-order valence-electron chi connectivity index (χ2n) is 12.8. The van der Waals surface area contributed by atoms with Gasteiger partial charge in [0.1, 0.15) is 18.2 Å². The highest BCUT2D eigenvalue weighted by Gasteiger charge is 2.30. The lowest BCUT2D eigenvalue weighted by Gasteiger charge is -2.25. The van der Waals surface area contributed by atoms with Gasteiger partial charge in [-0.1, -0.05) is 116 Å². The van der Waals surface area contributed by atoms with Crippen molar-refractivity contribution in [1.29, 1.82) is 0 Å². The summed E-state index contributed by atoms with van der Waals surface area (Å²) in [6.07, 6.45) is 21.8. The summed E-state index contributed by atoms with van der Waals surface area (Å²) in [5.41, 5.74) is 7.03. The first-order valence-corrected chi connectivity index (χ1v) is 20.7. The molecule has 0 amide bonds. The molecule has 3 N–H and O–H groups in total. The first kappa shape index (κ1) is 41.6. The van der Waals surface area contributed by atoms with Gasteiger partial charge >= 0.3 is 0 Å². The molecule has 0 saturated heterocycles. The van der Waals surface area contributed by atoms with E-state index >= 15 is 0 Å². The summed E-state index contributed by atoms with van der Waals surface area (Å²) in [5.74, 6) is 0.311. The van der Waals surface area contributed by atoms with Crippen molar-refractivity contribution >= 4 is 41.4 Å². The molecule has 3 atom stereocenters. The molecule has 2 heterocycles. The summed E-state index contributed by atoms with van der Waals surface area (Å²) < 4.78 is 33.3. The third kappa shape index (κ3) is 18.1. The van der Waals surface area contributed by atoms with E-state index in [2.05, 4.69) is 27.0 Å². The number of nitrogens with one attached hydrogen (secondary N) is 1. The molecule has 2 aromatic heterocycles. The molecule has 0 spiro atoms. The van der Waals surface area contributed by atoms with Crippen LogP contribution in [0, 0.1) is 0 Å². The largest absolute Gasteiger partial charge is 0.382 e. The number of aromatic nitrogens is 4. The standard InChI is InChI=1S/C34H63N6O5PS/c1-6-7-8-9-10-11-12-13-14-15-16-17-18-19-21-43-22-20-23-45-46(42,39-30(5)34(41)47-28(2)3)27-44-29(4)24-40-26-38-31-32(35)36-25-37-33(31)40/h25-26,28-30H,6-24,27H2,1-5H3,(H,39,42)(H2,35,36,37)/t29-,30+,46?/m1/s1. The zero-order valence-electron chi connectivity index (χ0n) is 29.8. The average molecular weight is 699 g/mol. The van der Waals surface area contributed by atoms with E-state index in [-0.39, 0.29) is 29.4 Å². The van der Waals surface area contributed by atoms with Crippen LogP contribution in [0.3, 0.4) is 0 Å². The fourth-order valence-electron chi connectivity index (χ4n) is 5.26. The van der Waals surface area contributed by atoms with E-state index in [0.29, 0.717) is 36.6 Å². The van der Waals surface area contributed by atoms with Crippen LogP contribution in [0.5, 0.6) is 0 Å². The molecule has 11 nitrogen and oxygen atoms in total. The minimum absolute atomic E-state index is 0.0875. The highest BCUT2D eigenvalue weighted by Crippen LogP contribution is 2.44. The maximum absolute atomic E-state index is 13.8. The second kappa shape index (κ2) is 24.6. The number of carbonyl (C=O) groups excluding carboxylic acids is 1. The zero-order chi connectivity index (χ0) is 34.3. The van der Waals surface area contributed by atoms with Crippen molar-refractivity contribution in [1.82, 2.24) is 24.6 Å². The van der Waals surface area contributed by atoms with Crippen LogP contribution < -0.4 is 10.8 Å². The number of ether oxygens (including phenoxy) is 2. The third-order valence-corrected chi connectivity index (χ3v) is 10.8. The number of hydrogen-bond donors (Lipinski definition) is 2. The minimum atomic E-state index is -3.50. The number of nitrogens with zero attached hydrogens (tertiary/aromatic N) is 4. The molecular weight excluding hydrogens is 635 g/mol. The van der Waals surface area contributed by atoms with Crippen LogP contribution >= 0.6 is 19.3 Å². The van der Waals surface area contributed by atoms with E-state index in [1.807, 2.05) is 25.3 Å². The van der Waals surface area contributed by atoms with Gasteiger partial charge in [0.05, 0.1) is 31.6 Å². The van der Waals surface area contributed by atoms with Crippen LogP contribution in [-0.4, -0.2) is 68.2 Å². The van der Waals surface area contributed by atoms with Gasteiger partial charge in [0, 0.05) is 18.5 Å². The van der Waals surface area contributed by atoms with Crippen molar-refractivity contribution in [3.8, 4) is 0 Å². The molecule has 0 radical (unpaired) electrons. The number of nitrogen functional groups attached to an aromatic ring is 1. The van der Waals surface area contributed by atoms with Gasteiger partial charge < -0.3 is 24.3 Å². The van der Waals surface area contributed by atoms with Crippen molar-refractivity contribution in [3.63, 3.8) is 0 Å². The molecule has 2 rings (SSSR count). The number of rotatable bonds is 29. The van der Waals surface area contributed by atoms with Crippen molar-refractivity contribution < 1.29 is 23.4 Å². The van der Waals surface area contributed by atoms with Gasteiger partial charge in [-0.2, -0.15) is 0 Å². The fraction of sp³-hybridized carbons (Fsp3) is 0.824. The topological polar surface area (TPSA) is 143 Å². The van der Waals surface area contributed by atoms with E-state index in [4.69, 9.17) is 19.7 Å². The summed E-state index contributed by atoms with van der Waals surface area (Å²) in [5, 5.41) is 2.99. The number of thioether (sulfide) groups is 1. The van der Waals surface area contributed by atoms with Gasteiger partial charge in [-0.15, -0.1) is 0 Å². The van der Waals surface area contributed by atoms with Crippen molar-refractivity contribution in [2.24, 2.45) is 0 Å². The highest BCUT2D eigenvalue weighted by atomic mass is 32.2. The second-order valence-corrected chi connectivity index (χ2v) is 16.5. The van der Waals surface area contributed by atoms with Crippen LogP contribution in [-0.2, 0) is 29.9 Å². The molecular formula is C34H63N6O5PS. The molecule has 0 aliphatic heterocycles. The van der Waals surface area contributed by atoms with Gasteiger partial charge in [-0.25, -0.2) is 20.0 Å². The Kier molecular flexibility index (Phi) is 21.7. The lowest BCUT2D eigenvalue weighted by Crippen LogP contribution is -2.33. The third-order valence-electron chi connectivity index (χ3n) is 7.88. The molecule has 0 fully saturated rings. The Morgan fingerprint density at radius 2 is 1.47 bits per heavy atom. The Morgan fingerprint density at radius 1 is 0.872 bits per heavy atom. The summed E-state index contributed by atoms with van der Waals surface area (Å²) in [7, 11) is -3.50. The van der Waals surface area contributed by atoms with E-state index in [0.717, 1.165) is 13.0 Å². The molecule has 0 aliphatic rings. The average Bonchev–Trinajstić information content (AvgIpc) is 3.44. The Labute approximate surface area is 288 Å². The van der Waals surface area contributed by atoms with E-state index < -0.39 is 13.6 Å². The van der Waals surface area contributed by atoms with Gasteiger partial charge in [0.15, 0.2) is 11.5 Å². The first-order chi connectivity index (χ1) is 22.6. The van der Waals surface area contributed by atoms with Crippen molar-refractivity contribution in [3.05, 3.63) is 12.7 Å². The molecule has 13 heteroatoms. The van der Waals surface area contributed by atoms with Gasteiger partial charge in [0.25, 0.3) is 7.52 Å². The quantitative estimate of drug-likeness (QED) is 0.0623. The summed E-state index contributed by atoms with van der Waals surface area (Å²) >= 11 is 1.21. The van der Waals surface area contributed by atoms with Gasteiger partial charge in [-0.05, 0) is 26.7 Å². The first-order valence-electron chi connectivity index (χ1n) is 18.0. The summed E-state index contributed by atoms with van der Waals surface area (Å²) in [6.45, 7) is 11.7. The number of carbonyl (C=O) groups is 1. The molecule has 2 aromatic rings. The van der Waals surface area contributed by atoms with Gasteiger partial charge in [-0.3, -0.25) is 9.36 Å². The summed E-state index contributed by atoms with van der Waals surface area (Å²) in [6, 6.07) is -0.652. The summed E-state index contributed by atoms with van der Waals surface area (Å²) in [4.78, 5) is 25.1. The fourth-order valence-corrected chi connectivity index (χ4v) is 7.88. The number of anilines is 1. The lowest BCUT2D eigenvalue weighted by atomic mass is 10.0. The Balaban J connectivity index is 1.64. The van der Waals surface area contributed by atoms with Gasteiger partial charge in [0.2, 0.25) is 5.12 Å². The van der Waals surface area contributed by atoms with Crippen LogP contribution in [0.15, 0.2) is 12.7 Å². The Hall–Kier alpha value is -1.56. The lowest BCUT2D eigenvalue weighted by molar-refractivity contribution is -0.112. The molecule has 270 valence electrons. The molecule has 0 saturated carbocycles. The molecule has 47 heavy (non-hydrogen) atoms. The van der Waals surface area contributed by atoms with Crippen LogP contribution in [0.4, 0.5) is 5.82 Å². The number of imidazole rings is 1. The Morgan fingerprint density at radius 3 is 2.09 bits per heavy atom. The van der Waals surface area contributed by atoms with Crippen molar-refractivity contribution in [2.45, 2.75) is 155 Å². The highest BCUT2D eigenvalue weighted by molar-refractivity contribution is 8.14. The zero-order valence-corrected chi connectivity index (χ0v) is 31.5. The van der Waals surface area contributed by atoms with Crippen LogP contribution in [0.1, 0.15) is 131 Å². The van der Waals surface area contributed by atoms with E-state index in [9.17, 15) is 9.36 Å². The minimum Gasteiger partial charge on any atom is -0.382 e. The number of fused-ring (bicyclic) bond motifs is 1. The van der Waals surface area contributed by atoms with Crippen LogP contribution in [0.25, 0.3) is 11.2 Å². The number of hydrogen-bond acceptors (Lipinski definition) is 10. The van der Waals surface area contributed by atoms with Crippen molar-refractivity contribution in [2.75, 3.05) is 31.9 Å². The maximum Gasteiger partial charge on any atom is 0.295 e. The molecule has 1 unspecified atom stereocenters. The van der Waals surface area contributed by atoms with E-state index in [1.54, 1.807) is 13.3 Å². The molecule has 0 bridgehead atoms. The molecule has 0 aromatic carbocycles. The SMILES string of the molecule is CCCCCCCCCCCCCCCCOCCCOP(=O)(CO[C@H](C)Cn1cnc2c(N)ncnc21)N[C@@H](C)C(=O)SC(C)C. The predicted octanol–water partition coefficient (Wildman–Crippen LogP) is 8.52. The smallest absolute Gasteiger partial charge is 0.295 e. The van der Waals surface area contributed by atoms with E-state index in [1.165, 1.54) is 102 Å². The molecule has 0 aliphatic carbocycles. The Bertz CT molecular complexity index is 1170. The monoisotopic (exact) mass is 698 g/mol.